The number of pyridine rings is 1. The van der Waals surface area contributed by atoms with E-state index in [1.165, 1.54) is 18.3 Å². The maximum atomic E-state index is 13.1. The fraction of sp³-hybridized carbons (Fsp3) is 0.455. The molecule has 1 rings (SSSR count). The summed E-state index contributed by atoms with van der Waals surface area (Å²) in [5.41, 5.74) is -0.215. The van der Waals surface area contributed by atoms with Crippen molar-refractivity contribution < 1.29 is 22.4 Å². The molecule has 1 N–H and O–H groups in total. The van der Waals surface area contributed by atoms with E-state index in [2.05, 4.69) is 10.3 Å². The van der Waals surface area contributed by atoms with Gasteiger partial charge in [-0.1, -0.05) is 0 Å². The first-order valence-electron chi connectivity index (χ1n) is 5.35. The van der Waals surface area contributed by atoms with Crippen molar-refractivity contribution in [2.75, 3.05) is 6.54 Å². The van der Waals surface area contributed by atoms with Crippen molar-refractivity contribution in [1.82, 2.24) is 10.3 Å². The van der Waals surface area contributed by atoms with Crippen molar-refractivity contribution in [2.45, 2.75) is 25.4 Å². The number of aromatic nitrogens is 1. The number of carbonyl (C=O) groups is 1. The molecule has 1 aromatic rings. The summed E-state index contributed by atoms with van der Waals surface area (Å²) in [7, 11) is 0. The van der Waals surface area contributed by atoms with E-state index >= 15 is 0 Å². The highest BCUT2D eigenvalue weighted by atomic mass is 19.4. The molecule has 0 aromatic carbocycles. The number of hydrogen-bond donors (Lipinski definition) is 1. The monoisotopic (exact) mass is 264 g/mol. The highest BCUT2D eigenvalue weighted by molar-refractivity contribution is 5.94. The number of rotatable bonds is 5. The lowest BCUT2D eigenvalue weighted by molar-refractivity contribution is -0.135. The molecule has 0 saturated heterocycles. The van der Waals surface area contributed by atoms with Crippen molar-refractivity contribution in [2.24, 2.45) is 0 Å². The van der Waals surface area contributed by atoms with Gasteiger partial charge in [0, 0.05) is 19.2 Å². The Hall–Kier alpha value is -1.66. The van der Waals surface area contributed by atoms with E-state index in [9.17, 15) is 22.4 Å². The first kappa shape index (κ1) is 14.4. The van der Waals surface area contributed by atoms with Crippen LogP contribution in [0.25, 0.3) is 0 Å². The second kappa shape index (κ2) is 6.32. The van der Waals surface area contributed by atoms with Crippen LogP contribution in [0, 0.1) is 5.95 Å². The third-order valence-corrected chi connectivity index (χ3v) is 2.18. The fourth-order valence-corrected chi connectivity index (χ4v) is 1.30. The molecular weight excluding hydrogens is 252 g/mol. The Morgan fingerprint density at radius 2 is 2.06 bits per heavy atom. The van der Waals surface area contributed by atoms with Crippen LogP contribution in [0.2, 0.25) is 0 Å². The summed E-state index contributed by atoms with van der Waals surface area (Å²) in [6.45, 7) is 0.0727. The standard InChI is InChI=1S/C11H12F4N2O/c12-9-8(4-3-7-16-9)10(18)17-6-2-1-5-11(13,14)15/h3-4,7H,1-2,5-6H2,(H,17,18). The summed E-state index contributed by atoms with van der Waals surface area (Å²) in [6, 6.07) is 2.66. The molecule has 1 aromatic heterocycles. The fourth-order valence-electron chi connectivity index (χ4n) is 1.30. The molecule has 0 radical (unpaired) electrons. The third-order valence-electron chi connectivity index (χ3n) is 2.18. The summed E-state index contributed by atoms with van der Waals surface area (Å²) in [6.07, 6.45) is -3.74. The molecule has 0 aliphatic heterocycles. The molecule has 0 unspecified atom stereocenters. The highest BCUT2D eigenvalue weighted by Crippen LogP contribution is 2.21. The van der Waals surface area contributed by atoms with Crippen LogP contribution in [0.4, 0.5) is 17.6 Å². The molecule has 18 heavy (non-hydrogen) atoms. The molecule has 0 aliphatic carbocycles. The minimum absolute atomic E-state index is 0.0701. The van der Waals surface area contributed by atoms with E-state index in [-0.39, 0.29) is 24.9 Å². The molecule has 0 spiro atoms. The van der Waals surface area contributed by atoms with Crippen LogP contribution < -0.4 is 5.32 Å². The summed E-state index contributed by atoms with van der Waals surface area (Å²) in [5.74, 6) is -1.57. The molecule has 0 fully saturated rings. The van der Waals surface area contributed by atoms with E-state index in [1.807, 2.05) is 0 Å². The number of carbonyl (C=O) groups excluding carboxylic acids is 1. The zero-order valence-corrected chi connectivity index (χ0v) is 9.43. The van der Waals surface area contributed by atoms with Crippen LogP contribution in [-0.4, -0.2) is 23.6 Å². The topological polar surface area (TPSA) is 42.0 Å². The summed E-state index contributed by atoms with van der Waals surface area (Å²) < 4.78 is 48.5. The van der Waals surface area contributed by atoms with Crippen LogP contribution >= 0.6 is 0 Å². The van der Waals surface area contributed by atoms with Gasteiger partial charge in [-0.05, 0) is 25.0 Å². The SMILES string of the molecule is O=C(NCCCCC(F)(F)F)c1cccnc1F. The first-order chi connectivity index (χ1) is 8.40. The van der Waals surface area contributed by atoms with Gasteiger partial charge in [0.2, 0.25) is 5.95 Å². The van der Waals surface area contributed by atoms with Gasteiger partial charge in [-0.3, -0.25) is 4.79 Å². The molecule has 0 saturated carbocycles. The molecule has 0 bridgehead atoms. The normalized spacial score (nSPS) is 11.3. The van der Waals surface area contributed by atoms with Crippen molar-refractivity contribution >= 4 is 5.91 Å². The molecule has 0 atom stereocenters. The van der Waals surface area contributed by atoms with Gasteiger partial charge in [0.1, 0.15) is 0 Å². The van der Waals surface area contributed by atoms with E-state index in [0.29, 0.717) is 0 Å². The van der Waals surface area contributed by atoms with Crippen LogP contribution in [0.1, 0.15) is 29.6 Å². The second-order valence-corrected chi connectivity index (χ2v) is 3.67. The molecule has 3 nitrogen and oxygen atoms in total. The van der Waals surface area contributed by atoms with Crippen molar-refractivity contribution in [3.8, 4) is 0 Å². The Bertz CT molecular complexity index is 406. The van der Waals surface area contributed by atoms with E-state index < -0.39 is 24.5 Å². The number of hydrogen-bond acceptors (Lipinski definition) is 2. The van der Waals surface area contributed by atoms with Gasteiger partial charge >= 0.3 is 6.18 Å². The predicted molar refractivity (Wildman–Crippen MR) is 56.4 cm³/mol. The summed E-state index contributed by atoms with van der Waals surface area (Å²) in [5, 5.41) is 2.34. The van der Waals surface area contributed by atoms with Gasteiger partial charge in [0.25, 0.3) is 5.91 Å². The Balaban J connectivity index is 2.28. The highest BCUT2D eigenvalue weighted by Gasteiger charge is 2.25. The van der Waals surface area contributed by atoms with Crippen molar-refractivity contribution in [1.29, 1.82) is 0 Å². The molecular formula is C11H12F4N2O. The minimum Gasteiger partial charge on any atom is -0.352 e. The number of amides is 1. The third kappa shape index (κ3) is 5.11. The maximum Gasteiger partial charge on any atom is 0.389 e. The maximum absolute atomic E-state index is 13.1. The molecule has 1 amide bonds. The zero-order valence-electron chi connectivity index (χ0n) is 9.43. The van der Waals surface area contributed by atoms with Gasteiger partial charge in [-0.2, -0.15) is 17.6 Å². The van der Waals surface area contributed by atoms with E-state index in [4.69, 9.17) is 0 Å². The summed E-state index contributed by atoms with van der Waals surface area (Å²) in [4.78, 5) is 14.7. The first-order valence-corrected chi connectivity index (χ1v) is 5.35. The van der Waals surface area contributed by atoms with Gasteiger partial charge in [0.05, 0.1) is 5.56 Å². The van der Waals surface area contributed by atoms with Crippen molar-refractivity contribution in [3.63, 3.8) is 0 Å². The molecule has 1 heterocycles. The summed E-state index contributed by atoms with van der Waals surface area (Å²) >= 11 is 0. The molecule has 7 heteroatoms. The van der Waals surface area contributed by atoms with E-state index in [0.717, 1.165) is 0 Å². The van der Waals surface area contributed by atoms with E-state index in [1.54, 1.807) is 0 Å². The smallest absolute Gasteiger partial charge is 0.352 e. The van der Waals surface area contributed by atoms with Crippen molar-refractivity contribution in [3.05, 3.63) is 29.8 Å². The predicted octanol–water partition coefficient (Wildman–Crippen LogP) is 2.68. The minimum atomic E-state index is -4.18. The lowest BCUT2D eigenvalue weighted by atomic mass is 10.2. The van der Waals surface area contributed by atoms with Gasteiger partial charge in [0.15, 0.2) is 0 Å². The Morgan fingerprint density at radius 3 is 2.67 bits per heavy atom. The Labute approximate surface area is 101 Å². The van der Waals surface area contributed by atoms with Gasteiger partial charge in [-0.15, -0.1) is 0 Å². The Morgan fingerprint density at radius 1 is 1.33 bits per heavy atom. The van der Waals surface area contributed by atoms with Crippen LogP contribution in [-0.2, 0) is 0 Å². The average Bonchev–Trinajstić information content (AvgIpc) is 2.27. The van der Waals surface area contributed by atoms with Crippen LogP contribution in [0.3, 0.4) is 0 Å². The Kier molecular flexibility index (Phi) is 5.06. The zero-order chi connectivity index (χ0) is 13.6. The largest absolute Gasteiger partial charge is 0.389 e. The lowest BCUT2D eigenvalue weighted by Gasteiger charge is -2.07. The molecule has 100 valence electrons. The van der Waals surface area contributed by atoms with Gasteiger partial charge < -0.3 is 5.32 Å². The van der Waals surface area contributed by atoms with Crippen LogP contribution in [0.15, 0.2) is 18.3 Å². The quantitative estimate of drug-likeness (QED) is 0.504. The molecule has 0 aliphatic rings. The number of unbranched alkanes of at least 4 members (excludes halogenated alkanes) is 1. The number of alkyl halides is 3. The average molecular weight is 264 g/mol. The lowest BCUT2D eigenvalue weighted by Crippen LogP contribution is -2.25. The number of nitrogens with one attached hydrogen (secondary N) is 1. The number of nitrogens with zero attached hydrogens (tertiary/aromatic N) is 1. The second-order valence-electron chi connectivity index (χ2n) is 3.67. The van der Waals surface area contributed by atoms with Crippen LogP contribution in [0.5, 0.6) is 0 Å². The number of halogens is 4. The van der Waals surface area contributed by atoms with Gasteiger partial charge in [-0.25, -0.2) is 4.98 Å².